The van der Waals surface area contributed by atoms with Crippen LogP contribution in [0.5, 0.6) is 5.75 Å². The zero-order valence-electron chi connectivity index (χ0n) is 25.3. The number of rotatable bonds is 12. The first-order valence-corrected chi connectivity index (χ1v) is 17.8. The van der Waals surface area contributed by atoms with Gasteiger partial charge in [-0.1, -0.05) is 29.8 Å². The minimum absolute atomic E-state index is 0.0150. The fraction of sp³-hybridized carbons (Fsp3) is 0.529. The summed E-state index contributed by atoms with van der Waals surface area (Å²) in [5, 5.41) is 4.43. The zero-order valence-corrected chi connectivity index (χ0v) is 26.9. The molecule has 3 N–H and O–H groups in total. The number of benzene rings is 2. The molecule has 4 aliphatic carbocycles. The van der Waals surface area contributed by atoms with Crippen LogP contribution in [0.3, 0.4) is 0 Å². The van der Waals surface area contributed by atoms with Gasteiger partial charge in [0.05, 0.1) is 12.4 Å². The second kappa shape index (κ2) is 10.8. The van der Waals surface area contributed by atoms with Crippen LogP contribution in [0.15, 0.2) is 36.4 Å². The highest BCUT2D eigenvalue weighted by Gasteiger charge is 2.80. The molecule has 1 heterocycles. The number of amides is 2. The van der Waals surface area contributed by atoms with E-state index in [9.17, 15) is 18.0 Å². The van der Waals surface area contributed by atoms with E-state index in [-0.39, 0.29) is 23.6 Å². The van der Waals surface area contributed by atoms with Crippen molar-refractivity contribution in [3.8, 4) is 5.75 Å². The molecule has 7 rings (SSSR count). The fourth-order valence-corrected chi connectivity index (χ4v) is 10.7. The van der Waals surface area contributed by atoms with Gasteiger partial charge < -0.3 is 15.0 Å². The van der Waals surface area contributed by atoms with Crippen molar-refractivity contribution in [2.45, 2.75) is 65.2 Å². The van der Waals surface area contributed by atoms with E-state index in [2.05, 4.69) is 15.0 Å². The Morgan fingerprint density at radius 3 is 2.59 bits per heavy atom. The van der Waals surface area contributed by atoms with E-state index in [0.29, 0.717) is 42.9 Å². The topological polar surface area (TPSA) is 117 Å². The average molecular weight is 638 g/mol. The monoisotopic (exact) mass is 637 g/mol. The van der Waals surface area contributed by atoms with Crippen molar-refractivity contribution in [1.29, 1.82) is 0 Å². The first-order valence-electron chi connectivity index (χ1n) is 15.8. The summed E-state index contributed by atoms with van der Waals surface area (Å²) in [5.41, 5.74) is 4.37. The van der Waals surface area contributed by atoms with Gasteiger partial charge in [-0.3, -0.25) is 14.3 Å². The maximum atomic E-state index is 13.3. The molecule has 234 valence electrons. The number of aromatic nitrogens is 1. The molecule has 2 aromatic carbocycles. The molecular weight excluding hydrogens is 598 g/mol. The average Bonchev–Trinajstić information content (AvgIpc) is 3.58. The molecule has 1 aromatic heterocycles. The SMILES string of the molecule is Cc1cc(OCCCc2c(C(=O)NCCS(=O)(=O)NC(=O)CC34CC5CC6CC(C3)C64C5)[nH]c3ccccc23)cc(C)c1Cl. The number of ether oxygens (including phenoxy) is 1. The van der Waals surface area contributed by atoms with Gasteiger partial charge in [0.1, 0.15) is 11.4 Å². The van der Waals surface area contributed by atoms with Crippen LogP contribution in [0.2, 0.25) is 5.02 Å². The van der Waals surface area contributed by atoms with Crippen molar-refractivity contribution >= 4 is 44.3 Å². The van der Waals surface area contributed by atoms with Crippen LogP contribution < -0.4 is 14.8 Å². The van der Waals surface area contributed by atoms with Gasteiger partial charge >= 0.3 is 0 Å². The predicted molar refractivity (Wildman–Crippen MR) is 170 cm³/mol. The molecule has 0 aliphatic heterocycles. The molecule has 2 amide bonds. The summed E-state index contributed by atoms with van der Waals surface area (Å²) in [6, 6.07) is 11.5. The first kappa shape index (κ1) is 29.7. The lowest BCUT2D eigenvalue weighted by Crippen LogP contribution is -2.67. The number of aryl methyl sites for hydroxylation is 3. The molecule has 5 atom stereocenters. The van der Waals surface area contributed by atoms with Gasteiger partial charge in [-0.25, -0.2) is 8.42 Å². The summed E-state index contributed by atoms with van der Waals surface area (Å²) in [6.07, 6.45) is 7.55. The smallest absolute Gasteiger partial charge is 0.268 e. The van der Waals surface area contributed by atoms with Crippen molar-refractivity contribution in [1.82, 2.24) is 15.0 Å². The third-order valence-corrected chi connectivity index (χ3v) is 13.2. The molecule has 3 aromatic rings. The number of carbonyl (C=O) groups excluding carboxylic acids is 2. The van der Waals surface area contributed by atoms with Gasteiger partial charge in [0, 0.05) is 28.9 Å². The zero-order chi connectivity index (χ0) is 30.9. The Labute approximate surface area is 263 Å². The molecule has 10 heteroatoms. The number of carbonyl (C=O) groups is 2. The number of aromatic amines is 1. The fourth-order valence-electron chi connectivity index (χ4n) is 9.75. The summed E-state index contributed by atoms with van der Waals surface area (Å²) >= 11 is 6.27. The van der Waals surface area contributed by atoms with Gasteiger partial charge in [0.15, 0.2) is 0 Å². The number of fused-ring (bicyclic) bond motifs is 2. The molecule has 1 spiro atoms. The van der Waals surface area contributed by atoms with E-state index >= 15 is 0 Å². The van der Waals surface area contributed by atoms with Gasteiger partial charge in [0.2, 0.25) is 15.9 Å². The highest BCUT2D eigenvalue weighted by molar-refractivity contribution is 7.90. The molecule has 0 saturated heterocycles. The normalized spacial score (nSPS) is 27.8. The Hall–Kier alpha value is -3.04. The maximum Gasteiger partial charge on any atom is 0.268 e. The van der Waals surface area contributed by atoms with E-state index in [1.54, 1.807) is 0 Å². The number of H-pyrrole nitrogens is 1. The number of halogens is 1. The Bertz CT molecular complexity index is 1750. The van der Waals surface area contributed by atoms with Crippen LogP contribution >= 0.6 is 11.6 Å². The van der Waals surface area contributed by atoms with Crippen LogP contribution in [0.1, 0.15) is 72.1 Å². The highest BCUT2D eigenvalue weighted by atomic mass is 35.5. The predicted octanol–water partition coefficient (Wildman–Crippen LogP) is 5.84. The lowest BCUT2D eigenvalue weighted by Gasteiger charge is -2.73. The van der Waals surface area contributed by atoms with E-state index in [0.717, 1.165) is 63.0 Å². The molecule has 8 nitrogen and oxygen atoms in total. The van der Waals surface area contributed by atoms with Crippen LogP contribution in [0, 0.1) is 42.4 Å². The van der Waals surface area contributed by atoms with Gasteiger partial charge in [-0.05, 0) is 122 Å². The van der Waals surface area contributed by atoms with Crippen LogP contribution in [-0.2, 0) is 21.2 Å². The first-order chi connectivity index (χ1) is 21.0. The van der Waals surface area contributed by atoms with Crippen molar-refractivity contribution in [3.63, 3.8) is 0 Å². The maximum absolute atomic E-state index is 13.3. The van der Waals surface area contributed by atoms with E-state index < -0.39 is 15.9 Å². The van der Waals surface area contributed by atoms with Crippen molar-refractivity contribution in [2.24, 2.45) is 28.6 Å². The lowest BCUT2D eigenvalue weighted by atomic mass is 9.31. The second-order valence-electron chi connectivity index (χ2n) is 13.8. The molecule has 2 bridgehead atoms. The molecule has 4 saturated carbocycles. The van der Waals surface area contributed by atoms with E-state index in [1.165, 1.54) is 19.3 Å². The quantitative estimate of drug-likeness (QED) is 0.216. The lowest BCUT2D eigenvalue weighted by molar-refractivity contribution is -0.244. The molecule has 44 heavy (non-hydrogen) atoms. The summed E-state index contributed by atoms with van der Waals surface area (Å²) in [7, 11) is -3.87. The number of nitrogens with one attached hydrogen (secondary N) is 3. The number of hydrogen-bond donors (Lipinski definition) is 3. The number of sulfonamides is 1. The van der Waals surface area contributed by atoms with Crippen molar-refractivity contribution in [2.75, 3.05) is 18.9 Å². The van der Waals surface area contributed by atoms with Crippen molar-refractivity contribution < 1.29 is 22.7 Å². The third kappa shape index (κ3) is 4.82. The Balaban J connectivity index is 0.933. The minimum Gasteiger partial charge on any atom is -0.494 e. The number of para-hydroxylation sites is 1. The van der Waals surface area contributed by atoms with Gasteiger partial charge in [0.25, 0.3) is 5.91 Å². The Morgan fingerprint density at radius 2 is 1.84 bits per heavy atom. The van der Waals surface area contributed by atoms with Gasteiger partial charge in [-0.2, -0.15) is 0 Å². The van der Waals surface area contributed by atoms with Crippen LogP contribution in [0.4, 0.5) is 0 Å². The van der Waals surface area contributed by atoms with E-state index in [1.807, 2.05) is 50.2 Å². The summed E-state index contributed by atoms with van der Waals surface area (Å²) in [6.45, 7) is 4.25. The third-order valence-electron chi connectivity index (χ3n) is 11.3. The molecule has 0 radical (unpaired) electrons. The largest absolute Gasteiger partial charge is 0.494 e. The minimum atomic E-state index is -3.87. The standard InChI is InChI=1S/C34H40ClN3O5S/c1-20-12-25(13-21(2)30(20)35)43-10-5-7-27-26-6-3-4-8-28(26)37-31(27)32(40)36-9-11-44(41,42)38-29(39)19-33-16-22-14-23-15-24(18-33)34(23,33)17-22/h3-4,6,8,12-13,22-24,37H,5,7,9-11,14-19H2,1-2H3,(H,36,40)(H,38,39). The Morgan fingerprint density at radius 1 is 1.07 bits per heavy atom. The summed E-state index contributed by atoms with van der Waals surface area (Å²) in [5.74, 6) is 1.84. The van der Waals surface area contributed by atoms with Gasteiger partial charge in [-0.15, -0.1) is 0 Å². The van der Waals surface area contributed by atoms with Crippen LogP contribution in [0.25, 0.3) is 10.9 Å². The number of hydrogen-bond acceptors (Lipinski definition) is 5. The molecule has 5 unspecified atom stereocenters. The van der Waals surface area contributed by atoms with Crippen molar-refractivity contribution in [3.05, 3.63) is 63.8 Å². The molecule has 4 aliphatic rings. The molecular formula is C34H40ClN3O5S. The summed E-state index contributed by atoms with van der Waals surface area (Å²) < 4.78 is 33.9. The summed E-state index contributed by atoms with van der Waals surface area (Å²) in [4.78, 5) is 29.4. The molecule has 4 fully saturated rings. The Kier molecular flexibility index (Phi) is 7.28. The van der Waals surface area contributed by atoms with E-state index in [4.69, 9.17) is 16.3 Å². The van der Waals surface area contributed by atoms with Crippen LogP contribution in [-0.4, -0.2) is 44.1 Å². The highest BCUT2D eigenvalue weighted by Crippen LogP contribution is 2.87. The second-order valence-corrected chi connectivity index (χ2v) is 16.0.